The van der Waals surface area contributed by atoms with Gasteiger partial charge in [0.05, 0.1) is 5.56 Å². The van der Waals surface area contributed by atoms with E-state index in [0.29, 0.717) is 0 Å². The Hall–Kier alpha value is -1.71. The molecule has 4 heteroatoms. The lowest BCUT2D eigenvalue weighted by atomic mass is 9.96. The Kier molecular flexibility index (Phi) is 3.79. The van der Waals surface area contributed by atoms with E-state index in [1.54, 1.807) is 0 Å². The van der Waals surface area contributed by atoms with Gasteiger partial charge >= 0.3 is 0 Å². The van der Waals surface area contributed by atoms with Crippen LogP contribution in [0.5, 0.6) is 0 Å². The molecule has 3 rings (SSSR count). The summed E-state index contributed by atoms with van der Waals surface area (Å²) in [6, 6.07) is 0. The second-order valence-corrected chi connectivity index (χ2v) is 7.10. The molecule has 0 N–H and O–H groups in total. The van der Waals surface area contributed by atoms with Crippen molar-refractivity contribution in [3.63, 3.8) is 0 Å². The predicted octanol–water partition coefficient (Wildman–Crippen LogP) is 3.83. The van der Waals surface area contributed by atoms with Gasteiger partial charge in [-0.1, -0.05) is 33.6 Å². The molecule has 0 saturated heterocycles. The Morgan fingerprint density at radius 1 is 1.10 bits per heavy atom. The van der Waals surface area contributed by atoms with E-state index in [2.05, 4.69) is 46.5 Å². The van der Waals surface area contributed by atoms with Crippen LogP contribution in [-0.2, 0) is 12.0 Å². The summed E-state index contributed by atoms with van der Waals surface area (Å²) in [6.07, 6.45) is 13.2. The second kappa shape index (κ2) is 5.58. The molecule has 2 aromatic heterocycles. The highest BCUT2D eigenvalue weighted by atomic mass is 15.1. The van der Waals surface area contributed by atoms with Gasteiger partial charge in [-0.25, -0.2) is 15.0 Å². The van der Waals surface area contributed by atoms with Crippen molar-refractivity contribution in [2.24, 2.45) is 5.92 Å². The van der Waals surface area contributed by atoms with Crippen molar-refractivity contribution in [3.8, 4) is 11.4 Å². The highest BCUT2D eigenvalue weighted by Crippen LogP contribution is 2.28. The highest BCUT2D eigenvalue weighted by molar-refractivity contribution is 5.52. The van der Waals surface area contributed by atoms with Crippen LogP contribution < -0.4 is 0 Å². The van der Waals surface area contributed by atoms with Gasteiger partial charge in [0.25, 0.3) is 0 Å². The first-order chi connectivity index (χ1) is 10.0. The molecule has 1 saturated carbocycles. The van der Waals surface area contributed by atoms with Crippen LogP contribution in [0.15, 0.2) is 24.8 Å². The van der Waals surface area contributed by atoms with Crippen LogP contribution in [0.25, 0.3) is 11.4 Å². The summed E-state index contributed by atoms with van der Waals surface area (Å²) in [5.41, 5.74) is 0.989. The van der Waals surface area contributed by atoms with Gasteiger partial charge in [-0.3, -0.25) is 0 Å². The molecule has 1 aliphatic rings. The summed E-state index contributed by atoms with van der Waals surface area (Å²) in [4.78, 5) is 13.5. The molecule has 4 nitrogen and oxygen atoms in total. The van der Waals surface area contributed by atoms with E-state index < -0.39 is 0 Å². The van der Waals surface area contributed by atoms with Crippen LogP contribution >= 0.6 is 0 Å². The maximum absolute atomic E-state index is 4.51. The molecule has 21 heavy (non-hydrogen) atoms. The fraction of sp³-hybridized carbons (Fsp3) is 0.588. The largest absolute Gasteiger partial charge is 0.331 e. The molecule has 0 aliphatic heterocycles. The smallest absolute Gasteiger partial charge is 0.143 e. The molecule has 112 valence electrons. The lowest BCUT2D eigenvalue weighted by Crippen LogP contribution is -2.15. The molecule has 0 aromatic carbocycles. The fourth-order valence-electron chi connectivity index (χ4n) is 3.02. The van der Waals surface area contributed by atoms with Crippen LogP contribution in [0.2, 0.25) is 0 Å². The van der Waals surface area contributed by atoms with Crippen LogP contribution in [0.3, 0.4) is 0 Å². The third-order valence-corrected chi connectivity index (χ3v) is 4.23. The SMILES string of the molecule is CC(C)(C)c1ncc(-c2nccn2CC2CCCC2)cn1. The number of hydrogen-bond donors (Lipinski definition) is 0. The summed E-state index contributed by atoms with van der Waals surface area (Å²) in [5, 5.41) is 0. The minimum atomic E-state index is -0.0161. The van der Waals surface area contributed by atoms with E-state index in [0.717, 1.165) is 29.7 Å². The molecular weight excluding hydrogens is 260 g/mol. The first kappa shape index (κ1) is 14.2. The summed E-state index contributed by atoms with van der Waals surface area (Å²) >= 11 is 0. The van der Waals surface area contributed by atoms with Crippen molar-refractivity contribution in [2.45, 2.75) is 58.4 Å². The standard InChI is InChI=1S/C17H24N4/c1-17(2,3)16-19-10-14(11-20-16)15-18-8-9-21(15)12-13-6-4-5-7-13/h8-11,13H,4-7,12H2,1-3H3. The third kappa shape index (κ3) is 3.14. The Morgan fingerprint density at radius 3 is 2.38 bits per heavy atom. The number of nitrogens with zero attached hydrogens (tertiary/aromatic N) is 4. The minimum absolute atomic E-state index is 0.0161. The van der Waals surface area contributed by atoms with E-state index >= 15 is 0 Å². The van der Waals surface area contributed by atoms with Crippen molar-refractivity contribution < 1.29 is 0 Å². The van der Waals surface area contributed by atoms with Gasteiger partial charge in [0.1, 0.15) is 11.6 Å². The Balaban J connectivity index is 1.82. The molecule has 0 atom stereocenters. The fourth-order valence-corrected chi connectivity index (χ4v) is 3.02. The number of imidazole rings is 1. The molecule has 0 bridgehead atoms. The highest BCUT2D eigenvalue weighted by Gasteiger charge is 2.19. The zero-order valence-corrected chi connectivity index (χ0v) is 13.2. The topological polar surface area (TPSA) is 43.6 Å². The maximum atomic E-state index is 4.51. The zero-order valence-electron chi connectivity index (χ0n) is 13.2. The van der Waals surface area contributed by atoms with E-state index in [9.17, 15) is 0 Å². The monoisotopic (exact) mass is 284 g/mol. The van der Waals surface area contributed by atoms with Gasteiger partial charge in [0.15, 0.2) is 0 Å². The van der Waals surface area contributed by atoms with Crippen molar-refractivity contribution in [1.29, 1.82) is 0 Å². The lowest BCUT2D eigenvalue weighted by Gasteiger charge is -2.16. The summed E-state index contributed by atoms with van der Waals surface area (Å²) < 4.78 is 2.26. The molecule has 0 spiro atoms. The molecule has 2 aromatic rings. The molecular formula is C17H24N4. The van der Waals surface area contributed by atoms with Gasteiger partial charge in [0.2, 0.25) is 0 Å². The maximum Gasteiger partial charge on any atom is 0.143 e. The average molecular weight is 284 g/mol. The normalized spacial score (nSPS) is 16.5. The first-order valence-electron chi connectivity index (χ1n) is 7.88. The van der Waals surface area contributed by atoms with Gasteiger partial charge in [-0.15, -0.1) is 0 Å². The van der Waals surface area contributed by atoms with E-state index in [-0.39, 0.29) is 5.41 Å². The summed E-state index contributed by atoms with van der Waals surface area (Å²) in [6.45, 7) is 7.45. The van der Waals surface area contributed by atoms with E-state index in [4.69, 9.17) is 0 Å². The van der Waals surface area contributed by atoms with Crippen molar-refractivity contribution >= 4 is 0 Å². The van der Waals surface area contributed by atoms with Crippen LogP contribution in [0.4, 0.5) is 0 Å². The van der Waals surface area contributed by atoms with Gasteiger partial charge in [0, 0.05) is 36.7 Å². The van der Waals surface area contributed by atoms with E-state index in [1.165, 1.54) is 25.7 Å². The summed E-state index contributed by atoms with van der Waals surface area (Å²) in [5.74, 6) is 2.66. The molecule has 0 unspecified atom stereocenters. The van der Waals surface area contributed by atoms with Gasteiger partial charge < -0.3 is 4.57 Å². The first-order valence-corrected chi connectivity index (χ1v) is 7.88. The van der Waals surface area contributed by atoms with E-state index in [1.807, 2.05) is 18.6 Å². The second-order valence-electron chi connectivity index (χ2n) is 7.10. The number of rotatable bonds is 3. The third-order valence-electron chi connectivity index (χ3n) is 4.23. The average Bonchev–Trinajstić information content (AvgIpc) is 3.10. The zero-order chi connectivity index (χ0) is 14.9. The molecule has 0 radical (unpaired) electrons. The van der Waals surface area contributed by atoms with Gasteiger partial charge in [-0.2, -0.15) is 0 Å². The Bertz CT molecular complexity index is 586. The van der Waals surface area contributed by atoms with Crippen molar-refractivity contribution in [3.05, 3.63) is 30.6 Å². The van der Waals surface area contributed by atoms with Crippen LogP contribution in [-0.4, -0.2) is 19.5 Å². The minimum Gasteiger partial charge on any atom is -0.331 e. The van der Waals surface area contributed by atoms with Crippen LogP contribution in [0.1, 0.15) is 52.3 Å². The quantitative estimate of drug-likeness (QED) is 0.860. The van der Waals surface area contributed by atoms with Gasteiger partial charge in [-0.05, 0) is 18.8 Å². The van der Waals surface area contributed by atoms with Crippen molar-refractivity contribution in [2.75, 3.05) is 0 Å². The Morgan fingerprint density at radius 2 is 1.76 bits per heavy atom. The summed E-state index contributed by atoms with van der Waals surface area (Å²) in [7, 11) is 0. The molecule has 0 amide bonds. The lowest BCUT2D eigenvalue weighted by molar-refractivity contribution is 0.460. The molecule has 2 heterocycles. The number of hydrogen-bond acceptors (Lipinski definition) is 3. The van der Waals surface area contributed by atoms with Crippen molar-refractivity contribution in [1.82, 2.24) is 19.5 Å². The predicted molar refractivity (Wildman–Crippen MR) is 83.9 cm³/mol. The van der Waals surface area contributed by atoms with Crippen LogP contribution in [0, 0.1) is 5.92 Å². The Labute approximate surface area is 126 Å². The number of aromatic nitrogens is 4. The molecule has 1 fully saturated rings. The molecule has 1 aliphatic carbocycles.